The maximum Gasteiger partial charge on any atom is 0.270 e. The first-order chi connectivity index (χ1) is 11.2. The number of benzene rings is 1. The molecule has 2 rings (SSSR count). The van der Waals surface area contributed by atoms with Gasteiger partial charge in [-0.25, -0.2) is 0 Å². The van der Waals surface area contributed by atoms with E-state index in [2.05, 4.69) is 10.2 Å². The fraction of sp³-hybridized carbons (Fsp3) is 0.500. The first-order valence-electron chi connectivity index (χ1n) is 7.23. The molecule has 24 heavy (non-hydrogen) atoms. The van der Waals surface area contributed by atoms with Crippen molar-refractivity contribution in [3.63, 3.8) is 0 Å². The van der Waals surface area contributed by atoms with Gasteiger partial charge in [0.25, 0.3) is 11.6 Å². The Hall–Kier alpha value is -1.12. The van der Waals surface area contributed by atoms with E-state index in [9.17, 15) is 14.9 Å². The summed E-state index contributed by atoms with van der Waals surface area (Å²) < 4.78 is -1.73. The highest BCUT2D eigenvalue weighted by Crippen LogP contribution is 2.33. The molecule has 1 aromatic carbocycles. The molecule has 0 saturated carbocycles. The number of nitro benzene ring substituents is 1. The van der Waals surface area contributed by atoms with Crippen molar-refractivity contribution >= 4 is 46.4 Å². The number of nitrogens with zero attached hydrogens (tertiary/aromatic N) is 3. The minimum atomic E-state index is -1.73. The van der Waals surface area contributed by atoms with E-state index in [0.29, 0.717) is 13.1 Å². The zero-order chi connectivity index (χ0) is 17.9. The van der Waals surface area contributed by atoms with Gasteiger partial charge in [0, 0.05) is 43.9 Å². The van der Waals surface area contributed by atoms with Crippen LogP contribution in [0.1, 0.15) is 10.4 Å². The highest BCUT2D eigenvalue weighted by Gasteiger charge is 2.39. The fourth-order valence-electron chi connectivity index (χ4n) is 2.43. The number of alkyl halides is 3. The van der Waals surface area contributed by atoms with Crippen LogP contribution in [0.3, 0.4) is 0 Å². The molecule has 0 aromatic heterocycles. The molecule has 1 fully saturated rings. The molecule has 1 aliphatic rings. The molecule has 10 heteroatoms. The maximum absolute atomic E-state index is 12.4. The first-order valence-corrected chi connectivity index (χ1v) is 8.36. The maximum atomic E-state index is 12.4. The molecule has 0 bridgehead atoms. The van der Waals surface area contributed by atoms with Gasteiger partial charge in [0.1, 0.15) is 6.17 Å². The second-order valence-corrected chi connectivity index (χ2v) is 7.93. The summed E-state index contributed by atoms with van der Waals surface area (Å²) in [6.45, 7) is 2.82. The largest absolute Gasteiger partial charge is 0.332 e. The number of nitro groups is 1. The van der Waals surface area contributed by atoms with Gasteiger partial charge in [-0.05, 0) is 13.1 Å². The molecule has 0 radical (unpaired) electrons. The molecule has 0 spiro atoms. The SMILES string of the molecule is CN1CCN([C@H](NC(=O)c2cccc([N+](=O)[O-])c2)C(Cl)(Cl)Cl)CC1. The van der Waals surface area contributed by atoms with Crippen molar-refractivity contribution in [3.05, 3.63) is 39.9 Å². The van der Waals surface area contributed by atoms with Crippen LogP contribution in [0.4, 0.5) is 5.69 Å². The van der Waals surface area contributed by atoms with Crippen LogP contribution in [0.15, 0.2) is 24.3 Å². The lowest BCUT2D eigenvalue weighted by Crippen LogP contribution is -2.60. The minimum Gasteiger partial charge on any atom is -0.332 e. The first kappa shape index (κ1) is 19.2. The highest BCUT2D eigenvalue weighted by atomic mass is 35.6. The predicted molar refractivity (Wildman–Crippen MR) is 93.7 cm³/mol. The summed E-state index contributed by atoms with van der Waals surface area (Å²) in [6.07, 6.45) is -0.831. The zero-order valence-electron chi connectivity index (χ0n) is 12.9. The predicted octanol–water partition coefficient (Wildman–Crippen LogP) is 2.27. The Labute approximate surface area is 154 Å². The van der Waals surface area contributed by atoms with Crippen LogP contribution in [0.25, 0.3) is 0 Å². The van der Waals surface area contributed by atoms with Crippen molar-refractivity contribution in [1.82, 2.24) is 15.1 Å². The Morgan fingerprint density at radius 3 is 2.46 bits per heavy atom. The quantitative estimate of drug-likeness (QED) is 0.481. The number of nitrogens with one attached hydrogen (secondary N) is 1. The Kier molecular flexibility index (Phi) is 6.28. The van der Waals surface area contributed by atoms with E-state index in [1.54, 1.807) is 0 Å². The second kappa shape index (κ2) is 7.84. The average Bonchev–Trinajstić information content (AvgIpc) is 2.52. The van der Waals surface area contributed by atoms with Crippen LogP contribution in [0.5, 0.6) is 0 Å². The molecule has 0 unspecified atom stereocenters. The van der Waals surface area contributed by atoms with Gasteiger partial charge in [-0.15, -0.1) is 0 Å². The van der Waals surface area contributed by atoms with Crippen LogP contribution >= 0.6 is 34.8 Å². The monoisotopic (exact) mass is 394 g/mol. The minimum absolute atomic E-state index is 0.137. The van der Waals surface area contributed by atoms with E-state index >= 15 is 0 Å². The Morgan fingerprint density at radius 2 is 1.92 bits per heavy atom. The molecule has 1 amide bonds. The summed E-state index contributed by atoms with van der Waals surface area (Å²) in [5.74, 6) is -0.533. The Balaban J connectivity index is 2.16. The van der Waals surface area contributed by atoms with E-state index in [1.807, 2.05) is 11.9 Å². The van der Waals surface area contributed by atoms with E-state index in [1.165, 1.54) is 24.3 Å². The van der Waals surface area contributed by atoms with Gasteiger partial charge in [-0.2, -0.15) is 0 Å². The van der Waals surface area contributed by atoms with E-state index in [-0.39, 0.29) is 11.3 Å². The van der Waals surface area contributed by atoms with Crippen LogP contribution < -0.4 is 5.32 Å². The number of likely N-dealkylation sites (N-methyl/N-ethyl adjacent to an activating group) is 1. The lowest BCUT2D eigenvalue weighted by atomic mass is 10.2. The summed E-state index contributed by atoms with van der Waals surface area (Å²) in [5.41, 5.74) is -0.0368. The topological polar surface area (TPSA) is 78.7 Å². The molecule has 1 N–H and O–H groups in total. The number of piperazine rings is 1. The van der Waals surface area contributed by atoms with Crippen molar-refractivity contribution < 1.29 is 9.72 Å². The number of halogens is 3. The standard InChI is InChI=1S/C14H17Cl3N4O3/c1-19-5-7-20(8-6-19)13(14(15,16)17)18-12(22)10-3-2-4-11(9-10)21(23)24/h2-4,9,13H,5-8H2,1H3,(H,18,22)/t13-/m0/s1. The number of carbonyl (C=O) groups is 1. The van der Waals surface area contributed by atoms with Gasteiger partial charge in [0.05, 0.1) is 4.92 Å². The van der Waals surface area contributed by atoms with Crippen LogP contribution in [-0.4, -0.2) is 63.8 Å². The van der Waals surface area contributed by atoms with Gasteiger partial charge < -0.3 is 10.2 Å². The van der Waals surface area contributed by atoms with Crippen molar-refractivity contribution in [3.8, 4) is 0 Å². The van der Waals surface area contributed by atoms with E-state index in [0.717, 1.165) is 13.1 Å². The molecule has 7 nitrogen and oxygen atoms in total. The van der Waals surface area contributed by atoms with Crippen molar-refractivity contribution in [2.45, 2.75) is 9.96 Å². The number of amides is 1. The third kappa shape index (κ3) is 4.94. The average molecular weight is 396 g/mol. The summed E-state index contributed by atoms with van der Waals surface area (Å²) in [6, 6.07) is 5.41. The number of carbonyl (C=O) groups excluding carboxylic acids is 1. The number of hydrogen-bond donors (Lipinski definition) is 1. The molecule has 0 aliphatic carbocycles. The molecule has 1 aromatic rings. The highest BCUT2D eigenvalue weighted by molar-refractivity contribution is 6.68. The Morgan fingerprint density at radius 1 is 1.29 bits per heavy atom. The number of rotatable bonds is 4. The summed E-state index contributed by atoms with van der Waals surface area (Å²) in [4.78, 5) is 26.7. The van der Waals surface area contributed by atoms with Crippen molar-refractivity contribution in [1.29, 1.82) is 0 Å². The smallest absolute Gasteiger partial charge is 0.270 e. The number of non-ortho nitro benzene ring substituents is 1. The second-order valence-electron chi connectivity index (χ2n) is 5.56. The summed E-state index contributed by atoms with van der Waals surface area (Å²) >= 11 is 18.1. The van der Waals surface area contributed by atoms with E-state index in [4.69, 9.17) is 34.8 Å². The Bertz CT molecular complexity index is 616. The number of hydrogen-bond acceptors (Lipinski definition) is 5. The van der Waals surface area contributed by atoms with Crippen LogP contribution in [0.2, 0.25) is 0 Å². The van der Waals surface area contributed by atoms with E-state index < -0.39 is 20.8 Å². The van der Waals surface area contributed by atoms with Crippen molar-refractivity contribution in [2.24, 2.45) is 0 Å². The molecule has 1 aliphatic heterocycles. The fourth-order valence-corrected chi connectivity index (χ4v) is 3.01. The van der Waals surface area contributed by atoms with Gasteiger partial charge >= 0.3 is 0 Å². The lowest BCUT2D eigenvalue weighted by molar-refractivity contribution is -0.384. The molecular weight excluding hydrogens is 379 g/mol. The third-order valence-electron chi connectivity index (χ3n) is 3.80. The van der Waals surface area contributed by atoms with Crippen LogP contribution in [0, 0.1) is 10.1 Å². The molecule has 1 saturated heterocycles. The summed E-state index contributed by atoms with van der Waals surface area (Å²) in [7, 11) is 1.99. The van der Waals surface area contributed by atoms with Gasteiger partial charge in [0.2, 0.25) is 3.79 Å². The van der Waals surface area contributed by atoms with Gasteiger partial charge in [-0.1, -0.05) is 40.9 Å². The molecule has 1 atom stereocenters. The lowest BCUT2D eigenvalue weighted by Gasteiger charge is -2.40. The normalized spacial score (nSPS) is 18.2. The zero-order valence-corrected chi connectivity index (χ0v) is 15.2. The van der Waals surface area contributed by atoms with Crippen LogP contribution in [-0.2, 0) is 0 Å². The molecule has 1 heterocycles. The summed E-state index contributed by atoms with van der Waals surface area (Å²) in [5, 5.41) is 13.5. The third-order valence-corrected chi connectivity index (χ3v) is 4.42. The van der Waals surface area contributed by atoms with Gasteiger partial charge in [0.15, 0.2) is 0 Å². The molecular formula is C14H17Cl3N4O3. The molecule has 132 valence electrons. The van der Waals surface area contributed by atoms with Crippen molar-refractivity contribution in [2.75, 3.05) is 33.2 Å². The van der Waals surface area contributed by atoms with Gasteiger partial charge in [-0.3, -0.25) is 19.8 Å².